The summed E-state index contributed by atoms with van der Waals surface area (Å²) in [5.41, 5.74) is 0.223. The third kappa shape index (κ3) is 3.74. The Bertz CT molecular complexity index is 399. The van der Waals surface area contributed by atoms with Crippen LogP contribution < -0.4 is 5.32 Å². The predicted molar refractivity (Wildman–Crippen MR) is 59.7 cm³/mol. The van der Waals surface area contributed by atoms with E-state index in [0.717, 1.165) is 4.88 Å². The van der Waals surface area contributed by atoms with Gasteiger partial charge in [-0.25, -0.2) is 9.59 Å². The topological polar surface area (TPSA) is 75.6 Å². The van der Waals surface area contributed by atoms with Gasteiger partial charge in [0.15, 0.2) is 0 Å². The van der Waals surface area contributed by atoms with Gasteiger partial charge in [0.25, 0.3) is 0 Å². The normalized spacial score (nSPS) is 9.50. The first-order valence-corrected chi connectivity index (χ1v) is 5.33. The van der Waals surface area contributed by atoms with Crippen molar-refractivity contribution in [1.29, 1.82) is 0 Å². The van der Waals surface area contributed by atoms with E-state index in [1.165, 1.54) is 28.9 Å². The monoisotopic (exact) mass is 241 g/mol. The second kappa shape index (κ2) is 5.92. The lowest BCUT2D eigenvalue weighted by atomic mass is 10.3. The molecule has 0 aliphatic carbocycles. The molecule has 0 radical (unpaired) electrons. The van der Waals surface area contributed by atoms with Gasteiger partial charge in [0.1, 0.15) is 6.61 Å². The number of amides is 1. The van der Waals surface area contributed by atoms with Crippen LogP contribution in [0.5, 0.6) is 0 Å². The van der Waals surface area contributed by atoms with E-state index in [1.807, 2.05) is 0 Å². The average molecular weight is 241 g/mol. The van der Waals surface area contributed by atoms with Gasteiger partial charge in [-0.1, -0.05) is 12.7 Å². The molecule has 86 valence electrons. The van der Waals surface area contributed by atoms with Gasteiger partial charge < -0.3 is 15.2 Å². The minimum Gasteiger partial charge on any atom is -0.478 e. The van der Waals surface area contributed by atoms with Crippen molar-refractivity contribution in [2.75, 3.05) is 6.61 Å². The summed E-state index contributed by atoms with van der Waals surface area (Å²) in [6, 6.07) is 1.51. The number of alkyl carbamates (subject to hydrolysis) is 1. The minimum atomic E-state index is -0.975. The fourth-order valence-corrected chi connectivity index (χ4v) is 1.73. The molecule has 1 rings (SSSR count). The van der Waals surface area contributed by atoms with E-state index in [0.29, 0.717) is 0 Å². The summed E-state index contributed by atoms with van der Waals surface area (Å²) in [5, 5.41) is 12.7. The zero-order valence-corrected chi connectivity index (χ0v) is 9.25. The highest BCUT2D eigenvalue weighted by Crippen LogP contribution is 2.14. The fraction of sp³-hybridized carbons (Fsp3) is 0.200. The summed E-state index contributed by atoms with van der Waals surface area (Å²) >= 11 is 1.27. The summed E-state index contributed by atoms with van der Waals surface area (Å²) in [5.74, 6) is -0.975. The molecule has 0 saturated heterocycles. The van der Waals surface area contributed by atoms with Gasteiger partial charge in [0.2, 0.25) is 0 Å². The lowest BCUT2D eigenvalue weighted by Crippen LogP contribution is -2.23. The molecule has 0 bridgehead atoms. The number of carboxylic acids is 1. The molecule has 1 heterocycles. The third-order valence-corrected chi connectivity index (χ3v) is 2.58. The number of carboxylic acid groups (broad SMARTS) is 1. The van der Waals surface area contributed by atoms with E-state index in [1.54, 1.807) is 0 Å². The first-order chi connectivity index (χ1) is 7.63. The van der Waals surface area contributed by atoms with Gasteiger partial charge >= 0.3 is 12.1 Å². The van der Waals surface area contributed by atoms with Crippen LogP contribution in [0.25, 0.3) is 0 Å². The van der Waals surface area contributed by atoms with Crippen LogP contribution in [0.1, 0.15) is 15.2 Å². The molecule has 2 N–H and O–H groups in total. The highest BCUT2D eigenvalue weighted by Gasteiger charge is 2.07. The van der Waals surface area contributed by atoms with Gasteiger partial charge in [-0.15, -0.1) is 11.3 Å². The lowest BCUT2D eigenvalue weighted by molar-refractivity contribution is 0.0697. The summed E-state index contributed by atoms with van der Waals surface area (Å²) < 4.78 is 4.69. The number of nitrogens with one attached hydrogen (secondary N) is 1. The van der Waals surface area contributed by atoms with Crippen molar-refractivity contribution in [3.63, 3.8) is 0 Å². The first kappa shape index (κ1) is 12.3. The Morgan fingerprint density at radius 1 is 1.62 bits per heavy atom. The molecule has 0 aliphatic heterocycles. The second-order valence-electron chi connectivity index (χ2n) is 2.85. The zero-order valence-electron chi connectivity index (χ0n) is 8.43. The van der Waals surface area contributed by atoms with E-state index in [-0.39, 0.29) is 18.7 Å². The van der Waals surface area contributed by atoms with Gasteiger partial charge in [-0.3, -0.25) is 0 Å². The molecule has 6 heteroatoms. The van der Waals surface area contributed by atoms with E-state index in [2.05, 4.69) is 16.6 Å². The SMILES string of the molecule is C=CCOC(=O)NCc1cc(C(=O)O)cs1. The molecule has 0 aliphatic rings. The standard InChI is InChI=1S/C10H11NO4S/c1-2-3-15-10(14)11-5-8-4-7(6-16-8)9(12)13/h2,4,6H,1,3,5H2,(H,11,14)(H,12,13). The first-order valence-electron chi connectivity index (χ1n) is 4.45. The quantitative estimate of drug-likeness (QED) is 0.771. The number of rotatable bonds is 5. The molecule has 16 heavy (non-hydrogen) atoms. The van der Waals surface area contributed by atoms with Crippen LogP contribution in [0.15, 0.2) is 24.1 Å². The Morgan fingerprint density at radius 3 is 2.94 bits per heavy atom. The van der Waals surface area contributed by atoms with E-state index in [4.69, 9.17) is 5.11 Å². The van der Waals surface area contributed by atoms with Gasteiger partial charge in [-0.2, -0.15) is 0 Å². The molecule has 0 atom stereocenters. The lowest BCUT2D eigenvalue weighted by Gasteiger charge is -2.02. The third-order valence-electron chi connectivity index (χ3n) is 1.64. The van der Waals surface area contributed by atoms with Crippen LogP contribution in [0, 0.1) is 0 Å². The summed E-state index contributed by atoms with van der Waals surface area (Å²) in [4.78, 5) is 22.4. The zero-order chi connectivity index (χ0) is 12.0. The largest absolute Gasteiger partial charge is 0.478 e. The Labute approximate surface area is 96.4 Å². The predicted octanol–water partition coefficient (Wildman–Crippen LogP) is 1.86. The maximum atomic E-state index is 11.0. The van der Waals surface area contributed by atoms with E-state index < -0.39 is 12.1 Å². The van der Waals surface area contributed by atoms with E-state index in [9.17, 15) is 9.59 Å². The smallest absolute Gasteiger partial charge is 0.407 e. The number of aromatic carboxylic acids is 1. The highest BCUT2D eigenvalue weighted by molar-refractivity contribution is 7.10. The highest BCUT2D eigenvalue weighted by atomic mass is 32.1. The number of hydrogen-bond donors (Lipinski definition) is 2. The Kier molecular flexibility index (Phi) is 4.53. The van der Waals surface area contributed by atoms with Gasteiger partial charge in [-0.05, 0) is 6.07 Å². The van der Waals surface area contributed by atoms with Crippen molar-refractivity contribution < 1.29 is 19.4 Å². The molecule has 5 nitrogen and oxygen atoms in total. The second-order valence-corrected chi connectivity index (χ2v) is 3.84. The maximum absolute atomic E-state index is 11.0. The van der Waals surface area contributed by atoms with Crippen LogP contribution in [0.3, 0.4) is 0 Å². The Morgan fingerprint density at radius 2 is 2.38 bits per heavy atom. The number of thiophene rings is 1. The Hall–Kier alpha value is -1.82. The molecule has 0 saturated carbocycles. The van der Waals surface area contributed by atoms with Crippen LogP contribution in [0.4, 0.5) is 4.79 Å². The number of ether oxygens (including phenoxy) is 1. The number of hydrogen-bond acceptors (Lipinski definition) is 4. The van der Waals surface area contributed by atoms with Crippen molar-refractivity contribution in [2.24, 2.45) is 0 Å². The molecular weight excluding hydrogens is 230 g/mol. The summed E-state index contributed by atoms with van der Waals surface area (Å²) in [6.45, 7) is 3.81. The van der Waals surface area contributed by atoms with Crippen molar-refractivity contribution in [3.8, 4) is 0 Å². The molecule has 0 aromatic carbocycles. The number of carbonyl (C=O) groups is 2. The van der Waals surface area contributed by atoms with Crippen molar-refractivity contribution in [2.45, 2.75) is 6.54 Å². The molecule has 1 amide bonds. The maximum Gasteiger partial charge on any atom is 0.407 e. The van der Waals surface area contributed by atoms with Crippen LogP contribution >= 0.6 is 11.3 Å². The van der Waals surface area contributed by atoms with Gasteiger partial charge in [0.05, 0.1) is 12.1 Å². The minimum absolute atomic E-state index is 0.149. The Balaban J connectivity index is 2.39. The van der Waals surface area contributed by atoms with Crippen LogP contribution in [-0.4, -0.2) is 23.8 Å². The summed E-state index contributed by atoms with van der Waals surface area (Å²) in [6.07, 6.45) is 0.915. The van der Waals surface area contributed by atoms with Crippen molar-refractivity contribution in [1.82, 2.24) is 5.32 Å². The molecule has 0 spiro atoms. The van der Waals surface area contributed by atoms with Crippen molar-refractivity contribution in [3.05, 3.63) is 34.5 Å². The summed E-state index contributed by atoms with van der Waals surface area (Å²) in [7, 11) is 0. The number of carbonyl (C=O) groups excluding carboxylic acids is 1. The molecule has 1 aromatic heterocycles. The van der Waals surface area contributed by atoms with E-state index >= 15 is 0 Å². The molecule has 0 fully saturated rings. The molecule has 0 unspecified atom stereocenters. The molecule has 1 aromatic rings. The fourth-order valence-electron chi connectivity index (χ4n) is 0.930. The molecular formula is C10H11NO4S. The van der Waals surface area contributed by atoms with Crippen molar-refractivity contribution >= 4 is 23.4 Å². The van der Waals surface area contributed by atoms with Crippen LogP contribution in [0.2, 0.25) is 0 Å². The van der Waals surface area contributed by atoms with Crippen LogP contribution in [-0.2, 0) is 11.3 Å². The van der Waals surface area contributed by atoms with Gasteiger partial charge in [0, 0.05) is 10.3 Å². The average Bonchev–Trinajstić information content (AvgIpc) is 2.72.